The molecule has 4 nitrogen and oxygen atoms in total. The van der Waals surface area contributed by atoms with Crippen molar-refractivity contribution < 1.29 is 15.3 Å². The summed E-state index contributed by atoms with van der Waals surface area (Å²) in [4.78, 5) is 1.78. The Hall–Kier alpha value is -1.72. The van der Waals surface area contributed by atoms with E-state index in [1.165, 1.54) is 0 Å². The number of piperidine rings is 1. The van der Waals surface area contributed by atoms with E-state index in [4.69, 9.17) is 0 Å². The fourth-order valence-electron chi connectivity index (χ4n) is 3.65. The quantitative estimate of drug-likeness (QED) is 0.781. The van der Waals surface area contributed by atoms with E-state index >= 15 is 0 Å². The van der Waals surface area contributed by atoms with Crippen molar-refractivity contribution in [1.82, 2.24) is 4.90 Å². The molecule has 0 amide bonds. The van der Waals surface area contributed by atoms with Gasteiger partial charge in [0, 0.05) is 19.5 Å². The number of hydrogen-bond donors (Lipinski definition) is 3. The molecule has 3 N–H and O–H groups in total. The zero-order valence-corrected chi connectivity index (χ0v) is 14.7. The second-order valence-electron chi connectivity index (χ2n) is 7.22. The van der Waals surface area contributed by atoms with Crippen LogP contribution < -0.4 is 0 Å². The van der Waals surface area contributed by atoms with Crippen molar-refractivity contribution in [2.75, 3.05) is 13.1 Å². The Morgan fingerprint density at radius 2 is 1.80 bits per heavy atom. The minimum Gasteiger partial charge on any atom is -0.392 e. The molecule has 2 aromatic carbocycles. The zero-order chi connectivity index (χ0) is 17.9. The van der Waals surface area contributed by atoms with Crippen molar-refractivity contribution in [3.63, 3.8) is 0 Å². The predicted octanol–water partition coefficient (Wildman–Crippen LogP) is 2.42. The van der Waals surface area contributed by atoms with Gasteiger partial charge in [0.1, 0.15) is 11.8 Å². The van der Waals surface area contributed by atoms with E-state index in [-0.39, 0.29) is 0 Å². The van der Waals surface area contributed by atoms with Crippen LogP contribution in [0.1, 0.15) is 25.3 Å². The molecule has 2 aromatic rings. The number of β-amino-alcohol motifs (C(OH)–C–C–N with tert-alkyl or cyclic N) is 1. The smallest absolute Gasteiger partial charge is 0.136 e. The van der Waals surface area contributed by atoms with Crippen LogP contribution in [0.15, 0.2) is 54.6 Å². The second-order valence-corrected chi connectivity index (χ2v) is 7.22. The molecule has 1 saturated heterocycles. The van der Waals surface area contributed by atoms with Crippen molar-refractivity contribution >= 4 is 0 Å². The number of likely N-dealkylation sites (tertiary alicyclic amines) is 1. The molecule has 1 fully saturated rings. The lowest BCUT2D eigenvalue weighted by Crippen LogP contribution is -2.56. The molecule has 4 heteroatoms. The molecule has 0 radical (unpaired) electrons. The Balaban J connectivity index is 1.81. The van der Waals surface area contributed by atoms with Crippen LogP contribution in [-0.2, 0) is 6.42 Å². The van der Waals surface area contributed by atoms with Crippen LogP contribution >= 0.6 is 0 Å². The third kappa shape index (κ3) is 4.28. The van der Waals surface area contributed by atoms with E-state index in [1.807, 2.05) is 54.6 Å². The Bertz CT molecular complexity index is 687. The lowest BCUT2D eigenvalue weighted by atomic mass is 9.88. The van der Waals surface area contributed by atoms with E-state index in [0.29, 0.717) is 19.5 Å². The molecular weight excluding hydrogens is 314 g/mol. The van der Waals surface area contributed by atoms with Gasteiger partial charge in [-0.15, -0.1) is 0 Å². The third-order valence-electron chi connectivity index (χ3n) is 4.98. The highest BCUT2D eigenvalue weighted by molar-refractivity contribution is 5.67. The molecule has 0 aromatic heterocycles. The first-order valence-electron chi connectivity index (χ1n) is 8.93. The summed E-state index contributed by atoms with van der Waals surface area (Å²) in [6, 6.07) is 18.0. The molecule has 0 saturated carbocycles. The van der Waals surface area contributed by atoms with Crippen LogP contribution in [0.5, 0.6) is 0 Å². The van der Waals surface area contributed by atoms with Crippen LogP contribution in [-0.4, -0.2) is 51.2 Å². The van der Waals surface area contributed by atoms with E-state index in [0.717, 1.165) is 29.5 Å². The summed E-state index contributed by atoms with van der Waals surface area (Å²) in [7, 11) is 0. The Morgan fingerprint density at radius 3 is 2.52 bits per heavy atom. The standard InChI is InChI=1S/C21H27NO3/c1-21(25,20(24)22-13-7-11-18(23)15-22)14-17-10-5-6-12-19(17)16-8-3-2-4-9-16/h2-6,8-10,12,18,20,23-25H,7,11,13-15H2,1H3. The largest absolute Gasteiger partial charge is 0.392 e. The molecule has 25 heavy (non-hydrogen) atoms. The fraction of sp³-hybridized carbons (Fsp3) is 0.429. The van der Waals surface area contributed by atoms with Crippen molar-refractivity contribution in [2.45, 2.75) is 44.1 Å². The maximum Gasteiger partial charge on any atom is 0.136 e. The molecule has 1 heterocycles. The lowest BCUT2D eigenvalue weighted by molar-refractivity contribution is -0.154. The first-order valence-corrected chi connectivity index (χ1v) is 8.93. The SMILES string of the molecule is CC(O)(Cc1ccccc1-c1ccccc1)C(O)N1CCCC(O)C1. The van der Waals surface area contributed by atoms with Crippen LogP contribution in [0, 0.1) is 0 Å². The van der Waals surface area contributed by atoms with E-state index in [2.05, 4.69) is 0 Å². The number of benzene rings is 2. The molecule has 1 aliphatic rings. The normalized spacial score (nSPS) is 22.3. The molecular formula is C21H27NO3. The van der Waals surface area contributed by atoms with Gasteiger partial charge in [0.05, 0.1) is 6.10 Å². The van der Waals surface area contributed by atoms with Crippen molar-refractivity contribution in [3.05, 3.63) is 60.2 Å². The minimum atomic E-state index is -1.30. The summed E-state index contributed by atoms with van der Waals surface area (Å²) in [6.45, 7) is 2.76. The van der Waals surface area contributed by atoms with E-state index in [9.17, 15) is 15.3 Å². The summed E-state index contributed by atoms with van der Waals surface area (Å²) in [6.07, 6.45) is 0.477. The third-order valence-corrected chi connectivity index (χ3v) is 4.98. The monoisotopic (exact) mass is 341 g/mol. The van der Waals surface area contributed by atoms with Crippen molar-refractivity contribution in [2.24, 2.45) is 0 Å². The van der Waals surface area contributed by atoms with Crippen LogP contribution in [0.2, 0.25) is 0 Å². The van der Waals surface area contributed by atoms with Gasteiger partial charge in [-0.1, -0.05) is 54.6 Å². The van der Waals surface area contributed by atoms with Gasteiger partial charge in [0.15, 0.2) is 0 Å². The Labute approximate surface area is 149 Å². The molecule has 134 valence electrons. The maximum absolute atomic E-state index is 11.0. The summed E-state index contributed by atoms with van der Waals surface area (Å²) >= 11 is 0. The summed E-state index contributed by atoms with van der Waals surface area (Å²) in [5.74, 6) is 0. The minimum absolute atomic E-state index is 0.339. The molecule has 0 aliphatic carbocycles. The van der Waals surface area contributed by atoms with Gasteiger partial charge in [0.2, 0.25) is 0 Å². The van der Waals surface area contributed by atoms with E-state index in [1.54, 1.807) is 11.8 Å². The number of aliphatic hydroxyl groups excluding tert-OH is 2. The van der Waals surface area contributed by atoms with E-state index < -0.39 is 17.9 Å². The number of nitrogens with zero attached hydrogens (tertiary/aromatic N) is 1. The van der Waals surface area contributed by atoms with Crippen LogP contribution in [0.3, 0.4) is 0 Å². The van der Waals surface area contributed by atoms with Gasteiger partial charge in [-0.25, -0.2) is 0 Å². The predicted molar refractivity (Wildman–Crippen MR) is 99.0 cm³/mol. The first-order chi connectivity index (χ1) is 12.0. The number of aliphatic hydroxyl groups is 3. The molecule has 0 spiro atoms. The fourth-order valence-corrected chi connectivity index (χ4v) is 3.65. The summed E-state index contributed by atoms with van der Waals surface area (Å²) < 4.78 is 0. The Kier molecular flexibility index (Phi) is 5.54. The first kappa shape index (κ1) is 18.1. The molecule has 3 rings (SSSR count). The molecule has 1 aliphatic heterocycles. The van der Waals surface area contributed by atoms with Crippen molar-refractivity contribution in [3.8, 4) is 11.1 Å². The molecule has 3 unspecified atom stereocenters. The van der Waals surface area contributed by atoms with Crippen molar-refractivity contribution in [1.29, 1.82) is 0 Å². The number of hydrogen-bond acceptors (Lipinski definition) is 4. The van der Waals surface area contributed by atoms with Gasteiger partial charge in [0.25, 0.3) is 0 Å². The van der Waals surface area contributed by atoms with Gasteiger partial charge >= 0.3 is 0 Å². The van der Waals surface area contributed by atoms with Crippen LogP contribution in [0.25, 0.3) is 11.1 Å². The average molecular weight is 341 g/mol. The molecule has 3 atom stereocenters. The topological polar surface area (TPSA) is 63.9 Å². The highest BCUT2D eigenvalue weighted by Gasteiger charge is 2.37. The van der Waals surface area contributed by atoms with Gasteiger partial charge < -0.3 is 15.3 Å². The highest BCUT2D eigenvalue weighted by Crippen LogP contribution is 2.29. The average Bonchev–Trinajstić information content (AvgIpc) is 2.62. The highest BCUT2D eigenvalue weighted by atomic mass is 16.4. The number of rotatable bonds is 5. The zero-order valence-electron chi connectivity index (χ0n) is 14.7. The molecule has 0 bridgehead atoms. The van der Waals surface area contributed by atoms with Gasteiger partial charge in [-0.3, -0.25) is 4.90 Å². The second kappa shape index (κ2) is 7.67. The maximum atomic E-state index is 11.0. The van der Waals surface area contributed by atoms with Gasteiger partial charge in [-0.2, -0.15) is 0 Å². The summed E-state index contributed by atoms with van der Waals surface area (Å²) in [5.41, 5.74) is 1.85. The van der Waals surface area contributed by atoms with Gasteiger partial charge in [-0.05, 0) is 36.5 Å². The lowest BCUT2D eigenvalue weighted by Gasteiger charge is -2.40. The van der Waals surface area contributed by atoms with Crippen LogP contribution in [0.4, 0.5) is 0 Å². The summed E-state index contributed by atoms with van der Waals surface area (Å²) in [5, 5.41) is 31.5. The Morgan fingerprint density at radius 1 is 1.12 bits per heavy atom.